The summed E-state index contributed by atoms with van der Waals surface area (Å²) < 4.78 is 1.94. The summed E-state index contributed by atoms with van der Waals surface area (Å²) in [6.07, 6.45) is 0. The van der Waals surface area contributed by atoms with Crippen molar-refractivity contribution in [3.63, 3.8) is 0 Å². The Kier molecular flexibility index (Phi) is 3.38. The molecule has 2 aromatic heterocycles. The molecule has 0 radical (unpaired) electrons. The molecule has 2 rings (SSSR count). The first-order chi connectivity index (χ1) is 8.09. The Morgan fingerprint density at radius 1 is 1.53 bits per heavy atom. The van der Waals surface area contributed by atoms with Crippen LogP contribution < -0.4 is 11.1 Å². The lowest BCUT2D eigenvalue weighted by Gasteiger charge is -2.12. The molecule has 0 unspecified atom stereocenters. The molecule has 0 saturated carbocycles. The first-order valence-corrected chi connectivity index (χ1v) is 6.58. The maximum absolute atomic E-state index is 6.04. The Hall–Kier alpha value is -1.49. The SMILES string of the molecule is Cc1nn(C(C)C)c(NCc2cccs2)c1N. The van der Waals surface area contributed by atoms with Gasteiger partial charge in [0.05, 0.1) is 17.9 Å². The first kappa shape index (κ1) is 12.0. The van der Waals surface area contributed by atoms with Crippen LogP contribution in [0.4, 0.5) is 11.5 Å². The highest BCUT2D eigenvalue weighted by molar-refractivity contribution is 7.09. The lowest BCUT2D eigenvalue weighted by Crippen LogP contribution is -2.10. The number of nitrogens with zero attached hydrogens (tertiary/aromatic N) is 2. The van der Waals surface area contributed by atoms with Gasteiger partial charge in [0, 0.05) is 10.9 Å². The summed E-state index contributed by atoms with van der Waals surface area (Å²) in [6.45, 7) is 6.93. The molecule has 4 nitrogen and oxygen atoms in total. The van der Waals surface area contributed by atoms with E-state index in [1.54, 1.807) is 11.3 Å². The Morgan fingerprint density at radius 2 is 2.29 bits per heavy atom. The van der Waals surface area contributed by atoms with Gasteiger partial charge in [0.25, 0.3) is 0 Å². The largest absolute Gasteiger partial charge is 0.394 e. The number of rotatable bonds is 4. The molecular weight excluding hydrogens is 232 g/mol. The second kappa shape index (κ2) is 4.79. The van der Waals surface area contributed by atoms with Crippen molar-refractivity contribution in [3.05, 3.63) is 28.1 Å². The summed E-state index contributed by atoms with van der Waals surface area (Å²) in [5.41, 5.74) is 7.67. The van der Waals surface area contributed by atoms with Crippen LogP contribution in [-0.2, 0) is 6.54 Å². The third-order valence-corrected chi connectivity index (χ3v) is 3.51. The number of anilines is 2. The average Bonchev–Trinajstić information content (AvgIpc) is 2.87. The van der Waals surface area contributed by atoms with E-state index in [4.69, 9.17) is 5.73 Å². The van der Waals surface area contributed by atoms with Gasteiger partial charge in [-0.3, -0.25) is 0 Å². The van der Waals surface area contributed by atoms with E-state index in [-0.39, 0.29) is 0 Å². The number of nitrogens with two attached hydrogens (primary N) is 1. The molecule has 0 aliphatic rings. The lowest BCUT2D eigenvalue weighted by molar-refractivity contribution is 0.534. The number of hydrogen-bond donors (Lipinski definition) is 2. The maximum Gasteiger partial charge on any atom is 0.148 e. The van der Waals surface area contributed by atoms with E-state index in [1.165, 1.54) is 4.88 Å². The van der Waals surface area contributed by atoms with E-state index < -0.39 is 0 Å². The second-order valence-electron chi connectivity index (χ2n) is 4.32. The summed E-state index contributed by atoms with van der Waals surface area (Å²) in [4.78, 5) is 1.29. The third-order valence-electron chi connectivity index (χ3n) is 2.63. The van der Waals surface area contributed by atoms with E-state index in [0.29, 0.717) is 6.04 Å². The maximum atomic E-state index is 6.04. The van der Waals surface area contributed by atoms with Crippen LogP contribution in [-0.4, -0.2) is 9.78 Å². The van der Waals surface area contributed by atoms with Gasteiger partial charge >= 0.3 is 0 Å². The van der Waals surface area contributed by atoms with Gasteiger partial charge in [-0.05, 0) is 32.2 Å². The first-order valence-electron chi connectivity index (χ1n) is 5.70. The quantitative estimate of drug-likeness (QED) is 0.877. The van der Waals surface area contributed by atoms with Crippen LogP contribution in [0, 0.1) is 6.92 Å². The highest BCUT2D eigenvalue weighted by atomic mass is 32.1. The number of aryl methyl sites for hydroxylation is 1. The molecule has 0 amide bonds. The van der Waals surface area contributed by atoms with E-state index in [0.717, 1.165) is 23.7 Å². The fourth-order valence-electron chi connectivity index (χ4n) is 1.69. The summed E-state index contributed by atoms with van der Waals surface area (Å²) in [7, 11) is 0. The molecule has 3 N–H and O–H groups in total. The predicted octanol–water partition coefficient (Wildman–Crippen LogP) is 3.03. The molecule has 5 heteroatoms. The highest BCUT2D eigenvalue weighted by Gasteiger charge is 2.14. The molecule has 0 atom stereocenters. The molecule has 0 aliphatic carbocycles. The van der Waals surface area contributed by atoms with Gasteiger partial charge < -0.3 is 11.1 Å². The van der Waals surface area contributed by atoms with Gasteiger partial charge in [-0.2, -0.15) is 5.10 Å². The van der Waals surface area contributed by atoms with Crippen LogP contribution in [0.3, 0.4) is 0 Å². The number of hydrogen-bond acceptors (Lipinski definition) is 4. The topological polar surface area (TPSA) is 55.9 Å². The van der Waals surface area contributed by atoms with Crippen molar-refractivity contribution in [3.8, 4) is 0 Å². The zero-order chi connectivity index (χ0) is 12.4. The Labute approximate surface area is 105 Å². The molecule has 0 aliphatic heterocycles. The van der Waals surface area contributed by atoms with Crippen molar-refractivity contribution in [1.29, 1.82) is 0 Å². The molecule has 92 valence electrons. The van der Waals surface area contributed by atoms with Crippen molar-refractivity contribution in [2.75, 3.05) is 11.1 Å². The molecule has 0 bridgehead atoms. The zero-order valence-corrected chi connectivity index (χ0v) is 11.2. The second-order valence-corrected chi connectivity index (χ2v) is 5.35. The Balaban J connectivity index is 2.19. The number of thiophene rings is 1. The van der Waals surface area contributed by atoms with Gasteiger partial charge in [-0.25, -0.2) is 4.68 Å². The number of aromatic nitrogens is 2. The van der Waals surface area contributed by atoms with Crippen LogP contribution in [0.2, 0.25) is 0 Å². The third kappa shape index (κ3) is 2.44. The summed E-state index contributed by atoms with van der Waals surface area (Å²) in [5, 5.41) is 9.89. The van der Waals surface area contributed by atoms with Gasteiger partial charge in [0.2, 0.25) is 0 Å². The van der Waals surface area contributed by atoms with E-state index >= 15 is 0 Å². The smallest absolute Gasteiger partial charge is 0.148 e. The van der Waals surface area contributed by atoms with E-state index in [2.05, 4.69) is 41.8 Å². The molecule has 0 fully saturated rings. The van der Waals surface area contributed by atoms with Crippen LogP contribution in [0.25, 0.3) is 0 Å². The van der Waals surface area contributed by atoms with E-state index in [1.807, 2.05) is 11.6 Å². The van der Waals surface area contributed by atoms with Crippen LogP contribution in [0.15, 0.2) is 17.5 Å². The van der Waals surface area contributed by atoms with Crippen molar-refractivity contribution < 1.29 is 0 Å². The molecule has 0 saturated heterocycles. The minimum atomic E-state index is 0.303. The molecular formula is C12H18N4S. The van der Waals surface area contributed by atoms with Crippen LogP contribution >= 0.6 is 11.3 Å². The van der Waals surface area contributed by atoms with Crippen LogP contribution in [0.1, 0.15) is 30.5 Å². The summed E-state index contributed by atoms with van der Waals surface area (Å²) in [6, 6.07) is 4.46. The fraction of sp³-hybridized carbons (Fsp3) is 0.417. The molecule has 0 spiro atoms. The standard InChI is InChI=1S/C12H18N4S/c1-8(2)16-12(11(13)9(3)15-16)14-7-10-5-4-6-17-10/h4-6,8,14H,7,13H2,1-3H3. The number of nitrogen functional groups attached to an aromatic ring is 1. The Morgan fingerprint density at radius 3 is 2.88 bits per heavy atom. The molecule has 17 heavy (non-hydrogen) atoms. The zero-order valence-electron chi connectivity index (χ0n) is 10.4. The van der Waals surface area contributed by atoms with Crippen molar-refractivity contribution in [2.45, 2.75) is 33.4 Å². The van der Waals surface area contributed by atoms with Gasteiger partial charge in [-0.15, -0.1) is 11.3 Å². The van der Waals surface area contributed by atoms with Crippen LogP contribution in [0.5, 0.6) is 0 Å². The summed E-state index contributed by atoms with van der Waals surface area (Å²) in [5.74, 6) is 0.922. The fourth-order valence-corrected chi connectivity index (χ4v) is 2.34. The normalized spacial score (nSPS) is 11.1. The molecule has 2 aromatic rings. The summed E-state index contributed by atoms with van der Waals surface area (Å²) >= 11 is 1.74. The van der Waals surface area contributed by atoms with E-state index in [9.17, 15) is 0 Å². The van der Waals surface area contributed by atoms with Crippen molar-refractivity contribution >= 4 is 22.8 Å². The average molecular weight is 250 g/mol. The van der Waals surface area contributed by atoms with Crippen molar-refractivity contribution in [2.24, 2.45) is 0 Å². The highest BCUT2D eigenvalue weighted by Crippen LogP contribution is 2.26. The Bertz CT molecular complexity index is 485. The minimum absolute atomic E-state index is 0.303. The minimum Gasteiger partial charge on any atom is -0.394 e. The lowest BCUT2D eigenvalue weighted by atomic mass is 10.3. The van der Waals surface area contributed by atoms with Crippen molar-refractivity contribution in [1.82, 2.24) is 9.78 Å². The number of nitrogens with one attached hydrogen (secondary N) is 1. The monoisotopic (exact) mass is 250 g/mol. The van der Waals surface area contributed by atoms with Gasteiger partial charge in [-0.1, -0.05) is 6.07 Å². The molecule has 0 aromatic carbocycles. The molecule has 2 heterocycles. The van der Waals surface area contributed by atoms with Gasteiger partial charge in [0.1, 0.15) is 5.82 Å². The van der Waals surface area contributed by atoms with Gasteiger partial charge in [0.15, 0.2) is 0 Å². The predicted molar refractivity (Wildman–Crippen MR) is 73.4 cm³/mol.